The first-order valence-electron chi connectivity index (χ1n) is 5.50. The average Bonchev–Trinajstić information content (AvgIpc) is 2.78. The maximum Gasteiger partial charge on any atom is 0.313 e. The van der Waals surface area contributed by atoms with E-state index in [9.17, 15) is 4.79 Å². The van der Waals surface area contributed by atoms with Crippen molar-refractivity contribution in [1.29, 1.82) is 0 Å². The molecule has 0 bridgehead atoms. The smallest absolute Gasteiger partial charge is 0.313 e. The Morgan fingerprint density at radius 1 is 1.53 bits per heavy atom. The van der Waals surface area contributed by atoms with Gasteiger partial charge in [0, 0.05) is 12.6 Å². The van der Waals surface area contributed by atoms with E-state index >= 15 is 0 Å². The molecule has 1 N–H and O–H groups in total. The van der Waals surface area contributed by atoms with Gasteiger partial charge >= 0.3 is 5.97 Å². The molecular formula is C12H13N3O3S. The fraction of sp³-hybridized carbons (Fsp3) is 0.250. The molecule has 2 aromatic rings. The first kappa shape index (κ1) is 13.4. The number of carboxylic acid groups (broad SMARTS) is 1. The van der Waals surface area contributed by atoms with Crippen molar-refractivity contribution in [3.8, 4) is 17.1 Å². The number of nitrogens with zero attached hydrogens (tertiary/aromatic N) is 3. The molecule has 0 unspecified atom stereocenters. The molecule has 0 saturated heterocycles. The number of carbonyl (C=O) groups is 1. The molecule has 1 heterocycles. The van der Waals surface area contributed by atoms with Crippen LogP contribution in [0.4, 0.5) is 0 Å². The zero-order valence-corrected chi connectivity index (χ0v) is 11.3. The van der Waals surface area contributed by atoms with E-state index in [2.05, 4.69) is 10.1 Å². The molecule has 0 aliphatic rings. The molecule has 1 aromatic heterocycles. The van der Waals surface area contributed by atoms with E-state index in [1.807, 2.05) is 24.3 Å². The molecule has 0 saturated carbocycles. The zero-order chi connectivity index (χ0) is 13.8. The minimum Gasteiger partial charge on any atom is -0.497 e. The second-order valence-electron chi connectivity index (χ2n) is 3.76. The van der Waals surface area contributed by atoms with Gasteiger partial charge in [0.2, 0.25) is 0 Å². The lowest BCUT2D eigenvalue weighted by molar-refractivity contribution is -0.133. The number of aliphatic carboxylic acids is 1. The Kier molecular flexibility index (Phi) is 4.06. The summed E-state index contributed by atoms with van der Waals surface area (Å²) in [6.45, 7) is 0. The Morgan fingerprint density at radius 3 is 3.00 bits per heavy atom. The fourth-order valence-electron chi connectivity index (χ4n) is 1.51. The second kappa shape index (κ2) is 5.75. The van der Waals surface area contributed by atoms with Crippen LogP contribution >= 0.6 is 11.8 Å². The second-order valence-corrected chi connectivity index (χ2v) is 4.70. The van der Waals surface area contributed by atoms with Crippen LogP contribution in [-0.4, -0.2) is 38.7 Å². The van der Waals surface area contributed by atoms with E-state index in [1.54, 1.807) is 18.8 Å². The molecule has 0 aliphatic carbocycles. The van der Waals surface area contributed by atoms with Crippen molar-refractivity contribution in [1.82, 2.24) is 14.8 Å². The van der Waals surface area contributed by atoms with Gasteiger partial charge < -0.3 is 9.84 Å². The first-order valence-corrected chi connectivity index (χ1v) is 6.49. The van der Waals surface area contributed by atoms with Crippen LogP contribution in [0, 0.1) is 0 Å². The van der Waals surface area contributed by atoms with Gasteiger partial charge in [-0.2, -0.15) is 5.10 Å². The Labute approximate surface area is 114 Å². The van der Waals surface area contributed by atoms with Crippen molar-refractivity contribution in [2.75, 3.05) is 12.9 Å². The van der Waals surface area contributed by atoms with Crippen LogP contribution in [0.5, 0.6) is 5.75 Å². The highest BCUT2D eigenvalue weighted by Crippen LogP contribution is 2.23. The molecule has 0 fully saturated rings. The molecule has 1 aromatic carbocycles. The summed E-state index contributed by atoms with van der Waals surface area (Å²) < 4.78 is 6.72. The van der Waals surface area contributed by atoms with Crippen LogP contribution in [0.3, 0.4) is 0 Å². The minimum absolute atomic E-state index is 0.0376. The number of thioether (sulfide) groups is 1. The zero-order valence-electron chi connectivity index (χ0n) is 10.5. The largest absolute Gasteiger partial charge is 0.497 e. The topological polar surface area (TPSA) is 77.2 Å². The van der Waals surface area contributed by atoms with Crippen LogP contribution in [0.2, 0.25) is 0 Å². The summed E-state index contributed by atoms with van der Waals surface area (Å²) in [6, 6.07) is 7.41. The SMILES string of the molecule is COc1cccc(-c2nc(SCC(=O)O)n(C)n2)c1. The van der Waals surface area contributed by atoms with Gasteiger partial charge in [-0.1, -0.05) is 23.9 Å². The highest BCUT2D eigenvalue weighted by atomic mass is 32.2. The van der Waals surface area contributed by atoms with Gasteiger partial charge in [-0.3, -0.25) is 4.79 Å². The van der Waals surface area contributed by atoms with Crippen molar-refractivity contribution < 1.29 is 14.6 Å². The fourth-order valence-corrected chi connectivity index (χ4v) is 2.14. The van der Waals surface area contributed by atoms with Gasteiger partial charge in [0.15, 0.2) is 11.0 Å². The molecule has 6 nitrogen and oxygen atoms in total. The molecule has 0 spiro atoms. The third kappa shape index (κ3) is 3.25. The van der Waals surface area contributed by atoms with Gasteiger partial charge in [0.1, 0.15) is 5.75 Å². The molecule has 7 heteroatoms. The molecule has 19 heavy (non-hydrogen) atoms. The lowest BCUT2D eigenvalue weighted by atomic mass is 10.2. The van der Waals surface area contributed by atoms with Crippen molar-refractivity contribution in [2.24, 2.45) is 7.05 Å². The van der Waals surface area contributed by atoms with E-state index in [1.165, 1.54) is 0 Å². The maximum absolute atomic E-state index is 10.5. The van der Waals surface area contributed by atoms with Crippen molar-refractivity contribution in [2.45, 2.75) is 5.16 Å². The highest BCUT2D eigenvalue weighted by molar-refractivity contribution is 7.99. The summed E-state index contributed by atoms with van der Waals surface area (Å²) in [6.07, 6.45) is 0. The quantitative estimate of drug-likeness (QED) is 0.839. The lowest BCUT2D eigenvalue weighted by Crippen LogP contribution is -2.00. The van der Waals surface area contributed by atoms with Gasteiger partial charge in [-0.15, -0.1) is 0 Å². The normalized spacial score (nSPS) is 10.4. The molecule has 0 atom stereocenters. The third-order valence-corrected chi connectivity index (χ3v) is 3.38. The van der Waals surface area contributed by atoms with Gasteiger partial charge in [0.25, 0.3) is 0 Å². The number of methoxy groups -OCH3 is 1. The number of rotatable bonds is 5. The number of hydrogen-bond donors (Lipinski definition) is 1. The summed E-state index contributed by atoms with van der Waals surface area (Å²) in [4.78, 5) is 14.9. The van der Waals surface area contributed by atoms with Crippen LogP contribution in [0.1, 0.15) is 0 Å². The lowest BCUT2D eigenvalue weighted by Gasteiger charge is -2.00. The van der Waals surface area contributed by atoms with E-state index in [-0.39, 0.29) is 5.75 Å². The van der Waals surface area contributed by atoms with E-state index in [0.717, 1.165) is 23.1 Å². The molecule has 0 radical (unpaired) electrons. The van der Waals surface area contributed by atoms with Gasteiger partial charge in [-0.25, -0.2) is 9.67 Å². The predicted octanol–water partition coefficient (Wildman–Crippen LogP) is 1.67. The predicted molar refractivity (Wildman–Crippen MR) is 71.4 cm³/mol. The number of carboxylic acids is 1. The number of aromatic nitrogens is 3. The third-order valence-electron chi connectivity index (χ3n) is 2.38. The number of aryl methyl sites for hydroxylation is 1. The summed E-state index contributed by atoms with van der Waals surface area (Å²) in [7, 11) is 3.33. The monoisotopic (exact) mass is 279 g/mol. The van der Waals surface area contributed by atoms with Crippen LogP contribution in [0.25, 0.3) is 11.4 Å². The molecule has 100 valence electrons. The van der Waals surface area contributed by atoms with Crippen molar-refractivity contribution >= 4 is 17.7 Å². The van der Waals surface area contributed by atoms with Gasteiger partial charge in [0.05, 0.1) is 12.9 Å². The number of ether oxygens (including phenoxy) is 1. The standard InChI is InChI=1S/C12H13N3O3S/c1-15-12(19-7-10(16)17)13-11(14-15)8-4-3-5-9(6-8)18-2/h3-6H,7H2,1-2H3,(H,16,17). The molecule has 0 aliphatic heterocycles. The highest BCUT2D eigenvalue weighted by Gasteiger charge is 2.11. The molecule has 0 amide bonds. The van der Waals surface area contributed by atoms with Gasteiger partial charge in [-0.05, 0) is 12.1 Å². The van der Waals surface area contributed by atoms with Crippen LogP contribution in [-0.2, 0) is 11.8 Å². The molecular weight excluding hydrogens is 266 g/mol. The summed E-state index contributed by atoms with van der Waals surface area (Å²) in [5.74, 6) is 0.360. The van der Waals surface area contributed by atoms with E-state index < -0.39 is 5.97 Å². The summed E-state index contributed by atoms with van der Waals surface area (Å²) in [5, 5.41) is 13.5. The number of benzene rings is 1. The van der Waals surface area contributed by atoms with E-state index in [0.29, 0.717) is 11.0 Å². The maximum atomic E-state index is 10.5. The van der Waals surface area contributed by atoms with Crippen LogP contribution in [0.15, 0.2) is 29.4 Å². The Balaban J connectivity index is 2.25. The first-order chi connectivity index (χ1) is 9.10. The molecule has 2 rings (SSSR count). The van der Waals surface area contributed by atoms with Crippen molar-refractivity contribution in [3.63, 3.8) is 0 Å². The number of hydrogen-bond acceptors (Lipinski definition) is 5. The summed E-state index contributed by atoms with van der Waals surface area (Å²) in [5.41, 5.74) is 0.831. The Bertz CT molecular complexity index is 598. The average molecular weight is 279 g/mol. The van der Waals surface area contributed by atoms with E-state index in [4.69, 9.17) is 9.84 Å². The van der Waals surface area contributed by atoms with Crippen LogP contribution < -0.4 is 4.74 Å². The summed E-state index contributed by atoms with van der Waals surface area (Å²) >= 11 is 1.14. The Hall–Kier alpha value is -2.02. The Morgan fingerprint density at radius 2 is 2.32 bits per heavy atom. The van der Waals surface area contributed by atoms with Crippen molar-refractivity contribution in [3.05, 3.63) is 24.3 Å². The minimum atomic E-state index is -0.879.